The van der Waals surface area contributed by atoms with E-state index < -0.39 is 6.10 Å². The number of nitrogens with zero attached hydrogens (tertiary/aromatic N) is 2. The van der Waals surface area contributed by atoms with E-state index in [1.54, 1.807) is 23.2 Å². The van der Waals surface area contributed by atoms with E-state index in [0.717, 1.165) is 33.9 Å². The normalized spacial score (nSPS) is 13.3. The first-order chi connectivity index (χ1) is 9.42. The van der Waals surface area contributed by atoms with Crippen molar-refractivity contribution < 1.29 is 5.11 Å². The van der Waals surface area contributed by atoms with Crippen molar-refractivity contribution in [1.29, 1.82) is 0 Å². The quantitative estimate of drug-likeness (QED) is 0.929. The Bertz CT molecular complexity index is 683. The van der Waals surface area contributed by atoms with Gasteiger partial charge in [0.05, 0.1) is 17.1 Å². The van der Waals surface area contributed by atoms with Gasteiger partial charge in [0.2, 0.25) is 0 Å². The SMILES string of the molecule is CCC(CC)C(O)c1cc2c(cc1Br)n(C)c(=O)n2C. The maximum atomic E-state index is 12.0. The van der Waals surface area contributed by atoms with Crippen LogP contribution in [0.3, 0.4) is 0 Å². The summed E-state index contributed by atoms with van der Waals surface area (Å²) < 4.78 is 4.09. The molecule has 2 rings (SSSR count). The van der Waals surface area contributed by atoms with Crippen molar-refractivity contribution in [2.75, 3.05) is 0 Å². The molecule has 0 saturated heterocycles. The van der Waals surface area contributed by atoms with Gasteiger partial charge in [-0.25, -0.2) is 4.79 Å². The van der Waals surface area contributed by atoms with Gasteiger partial charge >= 0.3 is 5.69 Å². The van der Waals surface area contributed by atoms with Crippen molar-refractivity contribution in [1.82, 2.24) is 9.13 Å². The van der Waals surface area contributed by atoms with Crippen LogP contribution < -0.4 is 5.69 Å². The molecule has 0 amide bonds. The molecule has 5 heteroatoms. The highest BCUT2D eigenvalue weighted by molar-refractivity contribution is 9.10. The van der Waals surface area contributed by atoms with Gasteiger partial charge in [-0.05, 0) is 23.6 Å². The number of benzene rings is 1. The minimum atomic E-state index is -0.515. The smallest absolute Gasteiger partial charge is 0.328 e. The van der Waals surface area contributed by atoms with Crippen molar-refractivity contribution in [2.24, 2.45) is 20.0 Å². The van der Waals surface area contributed by atoms with Gasteiger partial charge < -0.3 is 5.11 Å². The van der Waals surface area contributed by atoms with Gasteiger partial charge in [-0.2, -0.15) is 0 Å². The molecule has 20 heavy (non-hydrogen) atoms. The average Bonchev–Trinajstić information content (AvgIpc) is 2.64. The van der Waals surface area contributed by atoms with E-state index in [1.807, 2.05) is 12.1 Å². The lowest BCUT2D eigenvalue weighted by molar-refractivity contribution is 0.103. The van der Waals surface area contributed by atoms with E-state index in [2.05, 4.69) is 29.8 Å². The molecule has 0 aliphatic carbocycles. The summed E-state index contributed by atoms with van der Waals surface area (Å²) in [5.74, 6) is 0.226. The molecule has 0 saturated carbocycles. The zero-order valence-corrected chi connectivity index (χ0v) is 13.9. The Balaban J connectivity index is 2.64. The predicted octanol–water partition coefficient (Wildman–Crippen LogP) is 3.11. The Morgan fingerprint density at radius 1 is 1.15 bits per heavy atom. The highest BCUT2D eigenvalue weighted by atomic mass is 79.9. The minimum absolute atomic E-state index is 0.0546. The van der Waals surface area contributed by atoms with E-state index in [4.69, 9.17) is 0 Å². The third-order valence-electron chi connectivity index (χ3n) is 4.20. The summed E-state index contributed by atoms with van der Waals surface area (Å²) in [7, 11) is 3.51. The third-order valence-corrected chi connectivity index (χ3v) is 4.89. The fraction of sp³-hybridized carbons (Fsp3) is 0.533. The highest BCUT2D eigenvalue weighted by Gasteiger charge is 2.21. The van der Waals surface area contributed by atoms with E-state index in [9.17, 15) is 9.90 Å². The van der Waals surface area contributed by atoms with Crippen molar-refractivity contribution >= 4 is 27.0 Å². The van der Waals surface area contributed by atoms with Crippen LogP contribution >= 0.6 is 15.9 Å². The number of aliphatic hydroxyl groups excluding tert-OH is 1. The molecule has 0 fully saturated rings. The van der Waals surface area contributed by atoms with Crippen molar-refractivity contribution in [3.63, 3.8) is 0 Å². The Kier molecular flexibility index (Phi) is 4.39. The molecule has 0 aliphatic rings. The van der Waals surface area contributed by atoms with Crippen LogP contribution in [-0.2, 0) is 14.1 Å². The van der Waals surface area contributed by atoms with E-state index in [0.29, 0.717) is 0 Å². The lowest BCUT2D eigenvalue weighted by atomic mass is 9.91. The Morgan fingerprint density at radius 2 is 1.65 bits per heavy atom. The second-order valence-electron chi connectivity index (χ2n) is 5.28. The first-order valence-electron chi connectivity index (χ1n) is 6.95. The van der Waals surface area contributed by atoms with Crippen molar-refractivity contribution in [3.05, 3.63) is 32.7 Å². The van der Waals surface area contributed by atoms with Crippen LogP contribution in [0.4, 0.5) is 0 Å². The first kappa shape index (κ1) is 15.3. The molecule has 0 spiro atoms. The summed E-state index contributed by atoms with van der Waals surface area (Å²) in [6, 6.07) is 3.83. The topological polar surface area (TPSA) is 47.2 Å². The molecule has 2 aromatic rings. The zero-order valence-electron chi connectivity index (χ0n) is 12.4. The second kappa shape index (κ2) is 5.74. The van der Waals surface area contributed by atoms with Crippen LogP contribution in [0.25, 0.3) is 11.0 Å². The number of aromatic nitrogens is 2. The van der Waals surface area contributed by atoms with Gasteiger partial charge in [0.25, 0.3) is 0 Å². The number of imidazole rings is 1. The maximum absolute atomic E-state index is 12.0. The molecule has 0 aliphatic heterocycles. The van der Waals surface area contributed by atoms with Crippen LogP contribution in [0, 0.1) is 5.92 Å². The zero-order chi connectivity index (χ0) is 15.0. The summed E-state index contributed by atoms with van der Waals surface area (Å²) in [5, 5.41) is 10.6. The summed E-state index contributed by atoms with van der Waals surface area (Å²) in [6.07, 6.45) is 1.34. The Morgan fingerprint density at radius 3 is 2.15 bits per heavy atom. The van der Waals surface area contributed by atoms with Crippen LogP contribution in [0.5, 0.6) is 0 Å². The molecular formula is C15H21BrN2O2. The van der Waals surface area contributed by atoms with Crippen LogP contribution in [-0.4, -0.2) is 14.2 Å². The Labute approximate surface area is 127 Å². The lowest BCUT2D eigenvalue weighted by Gasteiger charge is -2.21. The number of hydrogen-bond acceptors (Lipinski definition) is 2. The number of rotatable bonds is 4. The molecular weight excluding hydrogens is 320 g/mol. The summed E-state index contributed by atoms with van der Waals surface area (Å²) in [4.78, 5) is 12.0. The second-order valence-corrected chi connectivity index (χ2v) is 6.14. The van der Waals surface area contributed by atoms with Crippen molar-refractivity contribution in [2.45, 2.75) is 32.8 Å². The predicted molar refractivity (Wildman–Crippen MR) is 84.9 cm³/mol. The molecule has 0 radical (unpaired) electrons. The Hall–Kier alpha value is -1.07. The van der Waals surface area contributed by atoms with Crippen LogP contribution in [0.1, 0.15) is 38.4 Å². The third kappa shape index (κ3) is 2.33. The fourth-order valence-corrected chi connectivity index (χ4v) is 3.32. The van der Waals surface area contributed by atoms with E-state index in [-0.39, 0.29) is 11.6 Å². The maximum Gasteiger partial charge on any atom is 0.328 e. The summed E-state index contributed by atoms with van der Waals surface area (Å²) >= 11 is 3.53. The number of aliphatic hydroxyl groups is 1. The summed E-state index contributed by atoms with van der Waals surface area (Å²) in [5.41, 5.74) is 2.51. The fourth-order valence-electron chi connectivity index (χ4n) is 2.75. The molecule has 1 N–H and O–H groups in total. The molecule has 1 aromatic heterocycles. The molecule has 1 aromatic carbocycles. The standard InChI is InChI=1S/C15H21BrN2O2/c1-5-9(6-2)14(19)10-7-12-13(8-11(10)16)18(4)15(20)17(12)3/h7-9,14,19H,5-6H2,1-4H3. The first-order valence-corrected chi connectivity index (χ1v) is 7.74. The number of fused-ring (bicyclic) bond motifs is 1. The van der Waals surface area contributed by atoms with E-state index in [1.165, 1.54) is 0 Å². The van der Waals surface area contributed by atoms with Gasteiger partial charge in [0.15, 0.2) is 0 Å². The largest absolute Gasteiger partial charge is 0.388 e. The van der Waals surface area contributed by atoms with Gasteiger partial charge in [-0.15, -0.1) is 0 Å². The van der Waals surface area contributed by atoms with E-state index >= 15 is 0 Å². The molecule has 1 unspecified atom stereocenters. The van der Waals surface area contributed by atoms with Gasteiger partial charge in [0.1, 0.15) is 0 Å². The van der Waals surface area contributed by atoms with Gasteiger partial charge in [-0.3, -0.25) is 9.13 Å². The minimum Gasteiger partial charge on any atom is -0.388 e. The average molecular weight is 341 g/mol. The number of aryl methyl sites for hydroxylation is 2. The number of hydrogen-bond donors (Lipinski definition) is 1. The molecule has 4 nitrogen and oxygen atoms in total. The number of halogens is 1. The lowest BCUT2D eigenvalue weighted by Crippen LogP contribution is -2.19. The van der Waals surface area contributed by atoms with Gasteiger partial charge in [0, 0.05) is 18.6 Å². The van der Waals surface area contributed by atoms with Crippen LogP contribution in [0.2, 0.25) is 0 Å². The molecule has 0 bridgehead atoms. The summed E-state index contributed by atoms with van der Waals surface area (Å²) in [6.45, 7) is 4.17. The molecule has 110 valence electrons. The molecule has 1 atom stereocenters. The molecule has 1 heterocycles. The van der Waals surface area contributed by atoms with Gasteiger partial charge in [-0.1, -0.05) is 42.6 Å². The highest BCUT2D eigenvalue weighted by Crippen LogP contribution is 2.34. The van der Waals surface area contributed by atoms with Crippen molar-refractivity contribution in [3.8, 4) is 0 Å². The monoisotopic (exact) mass is 340 g/mol. The van der Waals surface area contributed by atoms with Crippen LogP contribution in [0.15, 0.2) is 21.4 Å².